The topological polar surface area (TPSA) is 58.5 Å². The number of hydrogen-bond acceptors (Lipinski definition) is 3. The molecule has 0 unspecified atom stereocenters. The van der Waals surface area contributed by atoms with Crippen LogP contribution in [0.15, 0.2) is 114 Å². The average Bonchev–Trinajstić information content (AvgIpc) is 3.43. The fourth-order valence-corrected chi connectivity index (χ4v) is 5.14. The Hall–Kier alpha value is -4.32. The third-order valence-corrected chi connectivity index (χ3v) is 6.81. The Kier molecular flexibility index (Phi) is 4.36. The van der Waals surface area contributed by atoms with Crippen LogP contribution in [-0.4, -0.2) is 21.7 Å². The summed E-state index contributed by atoms with van der Waals surface area (Å²) in [7, 11) is -1.53. The Bertz CT molecular complexity index is 1880. The second kappa shape index (κ2) is 7.60. The smallest absolute Gasteiger partial charge is 0.456 e. The predicted molar refractivity (Wildman–Crippen MR) is 143 cm³/mol. The van der Waals surface area contributed by atoms with E-state index in [4.69, 9.17) is 4.42 Å². The van der Waals surface area contributed by atoms with Crippen molar-refractivity contribution in [2.75, 3.05) is 0 Å². The summed E-state index contributed by atoms with van der Waals surface area (Å²) in [5.41, 5.74) is 7.44. The van der Waals surface area contributed by atoms with Crippen LogP contribution in [0.5, 0.6) is 0 Å². The van der Waals surface area contributed by atoms with E-state index in [1.807, 2.05) is 48.5 Å². The van der Waals surface area contributed by atoms with Gasteiger partial charge in [-0.1, -0.05) is 66.7 Å². The molecule has 0 aliphatic heterocycles. The van der Waals surface area contributed by atoms with Crippen LogP contribution in [0.25, 0.3) is 60.6 Å². The molecule has 0 fully saturated rings. The van der Waals surface area contributed by atoms with Crippen LogP contribution >= 0.6 is 0 Å². The Balaban J connectivity index is 1.53. The van der Waals surface area contributed by atoms with Crippen molar-refractivity contribution in [3.8, 4) is 16.8 Å². The lowest BCUT2D eigenvalue weighted by molar-refractivity contribution is 0.426. The molecule has 0 radical (unpaired) electrons. The first-order valence-electron chi connectivity index (χ1n) is 11.6. The molecule has 4 nitrogen and oxygen atoms in total. The summed E-state index contributed by atoms with van der Waals surface area (Å²) in [6, 6.07) is 36.7. The van der Waals surface area contributed by atoms with Crippen molar-refractivity contribution in [1.29, 1.82) is 0 Å². The molecule has 2 heterocycles. The summed E-state index contributed by atoms with van der Waals surface area (Å²) in [5, 5.41) is 23.9. The third-order valence-electron chi connectivity index (χ3n) is 6.81. The maximum Gasteiger partial charge on any atom is 0.488 e. The van der Waals surface area contributed by atoms with E-state index in [0.717, 1.165) is 60.6 Å². The maximum absolute atomic E-state index is 9.84. The Morgan fingerprint density at radius 2 is 1.26 bits per heavy atom. The zero-order chi connectivity index (χ0) is 23.5. The molecule has 2 aromatic heterocycles. The number of nitrogens with zero attached hydrogens (tertiary/aromatic N) is 1. The summed E-state index contributed by atoms with van der Waals surface area (Å²) in [6.45, 7) is 0. The SMILES string of the molecule is OB(O)c1ccc2c(c1)c1cc(-c3ccccc3)ccc1n2-c1ccc2c(c1)oc1ccccc12. The van der Waals surface area contributed by atoms with E-state index in [9.17, 15) is 10.0 Å². The highest BCUT2D eigenvalue weighted by atomic mass is 16.4. The van der Waals surface area contributed by atoms with Crippen molar-refractivity contribution in [1.82, 2.24) is 4.57 Å². The van der Waals surface area contributed by atoms with Gasteiger partial charge in [0.2, 0.25) is 0 Å². The molecule has 166 valence electrons. The van der Waals surface area contributed by atoms with E-state index in [0.29, 0.717) is 5.46 Å². The van der Waals surface area contributed by atoms with Crippen LogP contribution in [0.2, 0.25) is 0 Å². The minimum absolute atomic E-state index is 0.467. The van der Waals surface area contributed by atoms with E-state index >= 15 is 0 Å². The Labute approximate surface area is 201 Å². The molecular weight excluding hydrogens is 433 g/mol. The summed E-state index contributed by atoms with van der Waals surface area (Å²) < 4.78 is 8.37. The van der Waals surface area contributed by atoms with Gasteiger partial charge in [0.05, 0.1) is 11.0 Å². The fourth-order valence-electron chi connectivity index (χ4n) is 5.14. The van der Waals surface area contributed by atoms with Crippen LogP contribution in [0.4, 0.5) is 0 Å². The quantitative estimate of drug-likeness (QED) is 0.321. The number of fused-ring (bicyclic) bond motifs is 6. The van der Waals surface area contributed by atoms with Crippen molar-refractivity contribution in [2.45, 2.75) is 0 Å². The first-order valence-corrected chi connectivity index (χ1v) is 11.6. The number of furan rings is 1. The maximum atomic E-state index is 9.84. The minimum Gasteiger partial charge on any atom is -0.456 e. The summed E-state index contributed by atoms with van der Waals surface area (Å²) in [6.07, 6.45) is 0. The number of benzene rings is 5. The second-order valence-corrected chi connectivity index (χ2v) is 8.86. The predicted octanol–water partition coefficient (Wildman–Crippen LogP) is 6.03. The molecule has 0 bridgehead atoms. The highest BCUT2D eigenvalue weighted by molar-refractivity contribution is 6.59. The van der Waals surface area contributed by atoms with E-state index < -0.39 is 7.12 Å². The molecule has 0 aliphatic carbocycles. The first-order chi connectivity index (χ1) is 17.2. The monoisotopic (exact) mass is 453 g/mol. The van der Waals surface area contributed by atoms with Gasteiger partial charge in [-0.15, -0.1) is 0 Å². The lowest BCUT2D eigenvalue weighted by Crippen LogP contribution is -2.29. The number of para-hydroxylation sites is 1. The number of rotatable bonds is 3. The fraction of sp³-hybridized carbons (Fsp3) is 0. The molecule has 0 amide bonds. The zero-order valence-corrected chi connectivity index (χ0v) is 18.7. The summed E-state index contributed by atoms with van der Waals surface area (Å²) >= 11 is 0. The van der Waals surface area contributed by atoms with Gasteiger partial charge in [0, 0.05) is 33.3 Å². The molecule has 0 aliphatic rings. The van der Waals surface area contributed by atoms with E-state index in [1.54, 1.807) is 6.07 Å². The van der Waals surface area contributed by atoms with Crippen molar-refractivity contribution < 1.29 is 14.5 Å². The van der Waals surface area contributed by atoms with Gasteiger partial charge < -0.3 is 19.0 Å². The highest BCUT2D eigenvalue weighted by Crippen LogP contribution is 2.36. The van der Waals surface area contributed by atoms with Gasteiger partial charge in [-0.25, -0.2) is 0 Å². The Morgan fingerprint density at radius 3 is 2.09 bits per heavy atom. The van der Waals surface area contributed by atoms with E-state index in [1.165, 1.54) is 0 Å². The number of hydrogen-bond donors (Lipinski definition) is 2. The lowest BCUT2D eigenvalue weighted by atomic mass is 9.80. The standard InChI is InChI=1S/C30H20BNO3/c33-31(34)21-11-15-28-26(17-21)25-16-20(19-6-2-1-3-7-19)10-14-27(25)32(28)22-12-13-24-23-8-4-5-9-29(23)35-30(24)18-22/h1-18,33-34H. The van der Waals surface area contributed by atoms with Gasteiger partial charge in [0.15, 0.2) is 0 Å². The molecule has 0 saturated heterocycles. The molecule has 35 heavy (non-hydrogen) atoms. The molecule has 5 heteroatoms. The zero-order valence-electron chi connectivity index (χ0n) is 18.7. The molecule has 0 saturated carbocycles. The van der Waals surface area contributed by atoms with Crippen LogP contribution < -0.4 is 5.46 Å². The largest absolute Gasteiger partial charge is 0.488 e. The highest BCUT2D eigenvalue weighted by Gasteiger charge is 2.18. The van der Waals surface area contributed by atoms with Gasteiger partial charge in [0.1, 0.15) is 11.2 Å². The van der Waals surface area contributed by atoms with Crippen molar-refractivity contribution >= 4 is 56.3 Å². The van der Waals surface area contributed by atoms with Gasteiger partial charge in [-0.05, 0) is 53.0 Å². The third kappa shape index (κ3) is 3.10. The molecule has 2 N–H and O–H groups in total. The molecule has 0 atom stereocenters. The normalized spacial score (nSPS) is 11.7. The molecule has 7 aromatic rings. The Morgan fingerprint density at radius 1 is 0.543 bits per heavy atom. The van der Waals surface area contributed by atoms with Crippen molar-refractivity contribution in [3.63, 3.8) is 0 Å². The average molecular weight is 453 g/mol. The van der Waals surface area contributed by atoms with Crippen LogP contribution in [-0.2, 0) is 0 Å². The van der Waals surface area contributed by atoms with Gasteiger partial charge >= 0.3 is 7.12 Å². The molecule has 0 spiro atoms. The molecule has 7 rings (SSSR count). The van der Waals surface area contributed by atoms with Gasteiger partial charge in [-0.2, -0.15) is 0 Å². The van der Waals surface area contributed by atoms with Gasteiger partial charge in [0.25, 0.3) is 0 Å². The van der Waals surface area contributed by atoms with Crippen LogP contribution in [0, 0.1) is 0 Å². The number of aromatic nitrogens is 1. The minimum atomic E-state index is -1.53. The van der Waals surface area contributed by atoms with E-state index in [-0.39, 0.29) is 0 Å². The van der Waals surface area contributed by atoms with Crippen LogP contribution in [0.3, 0.4) is 0 Å². The summed E-state index contributed by atoms with van der Waals surface area (Å²) in [5.74, 6) is 0. The molecule has 5 aromatic carbocycles. The lowest BCUT2D eigenvalue weighted by Gasteiger charge is -2.09. The molecular formula is C30H20BNO3. The van der Waals surface area contributed by atoms with Gasteiger partial charge in [-0.3, -0.25) is 0 Å². The first kappa shape index (κ1) is 20.1. The summed E-state index contributed by atoms with van der Waals surface area (Å²) in [4.78, 5) is 0. The van der Waals surface area contributed by atoms with Crippen molar-refractivity contribution in [2.24, 2.45) is 0 Å². The second-order valence-electron chi connectivity index (χ2n) is 8.86. The van der Waals surface area contributed by atoms with Crippen molar-refractivity contribution in [3.05, 3.63) is 109 Å². The van der Waals surface area contributed by atoms with E-state index in [2.05, 4.69) is 59.2 Å². The van der Waals surface area contributed by atoms with Crippen LogP contribution in [0.1, 0.15) is 0 Å².